The van der Waals surface area contributed by atoms with Crippen molar-refractivity contribution >= 4 is 40.4 Å². The Kier molecular flexibility index (Phi) is 4.32. The molecular formula is C14H12ClN3OS. The number of aromatic nitrogens is 1. The molecule has 0 spiro atoms. The van der Waals surface area contributed by atoms with E-state index in [0.29, 0.717) is 22.0 Å². The topological polar surface area (TPSA) is 68.0 Å². The number of thiocarbonyl (C=S) groups is 1. The molecule has 0 aliphatic carbocycles. The van der Waals surface area contributed by atoms with Gasteiger partial charge in [0.2, 0.25) is 0 Å². The van der Waals surface area contributed by atoms with Crippen LogP contribution in [0.3, 0.4) is 0 Å². The van der Waals surface area contributed by atoms with E-state index in [1.807, 2.05) is 13.0 Å². The molecule has 1 amide bonds. The van der Waals surface area contributed by atoms with E-state index in [9.17, 15) is 4.79 Å². The van der Waals surface area contributed by atoms with E-state index in [4.69, 9.17) is 29.6 Å². The van der Waals surface area contributed by atoms with Gasteiger partial charge in [-0.25, -0.2) is 0 Å². The molecule has 0 saturated carbocycles. The van der Waals surface area contributed by atoms with E-state index in [-0.39, 0.29) is 10.9 Å². The summed E-state index contributed by atoms with van der Waals surface area (Å²) in [5.74, 6) is -0.312. The molecule has 0 bridgehead atoms. The average Bonchev–Trinajstić information content (AvgIpc) is 2.41. The van der Waals surface area contributed by atoms with Crippen molar-refractivity contribution in [2.75, 3.05) is 5.32 Å². The first-order chi connectivity index (χ1) is 9.49. The minimum atomic E-state index is -0.312. The molecule has 4 nitrogen and oxygen atoms in total. The predicted octanol–water partition coefficient (Wildman–Crippen LogP) is 2.93. The number of nitrogens with two attached hydrogens (primary N) is 1. The number of nitrogens with zero attached hydrogens (tertiary/aromatic N) is 1. The summed E-state index contributed by atoms with van der Waals surface area (Å²) in [6, 6.07) is 8.57. The maximum atomic E-state index is 12.1. The highest BCUT2D eigenvalue weighted by Gasteiger charge is 2.12. The number of hydrogen-bond acceptors (Lipinski definition) is 3. The Balaban J connectivity index is 2.25. The molecule has 0 aliphatic rings. The highest BCUT2D eigenvalue weighted by molar-refractivity contribution is 7.80. The van der Waals surface area contributed by atoms with E-state index in [0.717, 1.165) is 5.56 Å². The maximum Gasteiger partial charge on any atom is 0.274 e. The number of carbonyl (C=O) groups excluding carboxylic acids is 1. The first-order valence-electron chi connectivity index (χ1n) is 5.81. The third kappa shape index (κ3) is 3.12. The molecule has 3 N–H and O–H groups in total. The quantitative estimate of drug-likeness (QED) is 0.856. The van der Waals surface area contributed by atoms with Crippen molar-refractivity contribution in [3.63, 3.8) is 0 Å². The molecule has 1 aromatic heterocycles. The van der Waals surface area contributed by atoms with Gasteiger partial charge >= 0.3 is 0 Å². The van der Waals surface area contributed by atoms with Crippen molar-refractivity contribution in [3.8, 4) is 0 Å². The largest absolute Gasteiger partial charge is 0.389 e. The fourth-order valence-electron chi connectivity index (χ4n) is 1.67. The van der Waals surface area contributed by atoms with Gasteiger partial charge in [-0.15, -0.1) is 0 Å². The second-order valence-corrected chi connectivity index (χ2v) is 5.03. The summed E-state index contributed by atoms with van der Waals surface area (Å²) in [5, 5.41) is 3.09. The van der Waals surface area contributed by atoms with Crippen molar-refractivity contribution in [2.45, 2.75) is 6.92 Å². The zero-order valence-corrected chi connectivity index (χ0v) is 12.3. The van der Waals surface area contributed by atoms with Gasteiger partial charge in [0.15, 0.2) is 0 Å². The lowest BCUT2D eigenvalue weighted by atomic mass is 10.2. The lowest BCUT2D eigenvalue weighted by Crippen LogP contribution is -2.16. The molecule has 0 unspecified atom stereocenters. The van der Waals surface area contributed by atoms with E-state index in [2.05, 4.69) is 10.3 Å². The van der Waals surface area contributed by atoms with E-state index in [1.54, 1.807) is 30.5 Å². The third-order valence-corrected chi connectivity index (χ3v) is 3.27. The number of benzene rings is 1. The third-order valence-electron chi connectivity index (χ3n) is 2.73. The van der Waals surface area contributed by atoms with Crippen LogP contribution in [0.1, 0.15) is 21.6 Å². The number of rotatable bonds is 3. The van der Waals surface area contributed by atoms with Gasteiger partial charge in [-0.05, 0) is 36.8 Å². The number of aryl methyl sites for hydroxylation is 1. The van der Waals surface area contributed by atoms with Gasteiger partial charge in [0.05, 0.1) is 10.7 Å². The van der Waals surface area contributed by atoms with Gasteiger partial charge in [0, 0.05) is 11.8 Å². The molecule has 102 valence electrons. The molecule has 20 heavy (non-hydrogen) atoms. The van der Waals surface area contributed by atoms with Crippen LogP contribution in [0, 0.1) is 6.92 Å². The monoisotopic (exact) mass is 305 g/mol. The Morgan fingerprint density at radius 2 is 2.15 bits per heavy atom. The molecule has 0 aliphatic heterocycles. The first-order valence-corrected chi connectivity index (χ1v) is 6.60. The number of hydrogen-bond donors (Lipinski definition) is 2. The number of amides is 1. The van der Waals surface area contributed by atoms with Crippen LogP contribution in [0.4, 0.5) is 5.69 Å². The SMILES string of the molecule is Cc1cccnc1C(=O)Nc1ccc(C(N)=S)cc1Cl. The molecule has 2 aromatic rings. The minimum absolute atomic E-state index is 0.255. The summed E-state index contributed by atoms with van der Waals surface area (Å²) in [7, 11) is 0. The van der Waals surface area contributed by atoms with E-state index >= 15 is 0 Å². The molecular weight excluding hydrogens is 294 g/mol. The fraction of sp³-hybridized carbons (Fsp3) is 0.0714. The Morgan fingerprint density at radius 1 is 1.40 bits per heavy atom. The summed E-state index contributed by atoms with van der Waals surface area (Å²) in [6.45, 7) is 1.82. The Hall–Kier alpha value is -1.98. The summed E-state index contributed by atoms with van der Waals surface area (Å²) < 4.78 is 0. The van der Waals surface area contributed by atoms with Gasteiger partial charge in [-0.1, -0.05) is 29.9 Å². The maximum absolute atomic E-state index is 12.1. The molecule has 6 heteroatoms. The molecule has 0 radical (unpaired) electrons. The molecule has 1 heterocycles. The second kappa shape index (κ2) is 5.98. The van der Waals surface area contributed by atoms with Gasteiger partial charge in [0.25, 0.3) is 5.91 Å². The van der Waals surface area contributed by atoms with Gasteiger partial charge in [0.1, 0.15) is 10.7 Å². The number of pyridine rings is 1. The normalized spacial score (nSPS) is 10.1. The van der Waals surface area contributed by atoms with Crippen LogP contribution in [0.2, 0.25) is 5.02 Å². The lowest BCUT2D eigenvalue weighted by molar-refractivity contribution is 0.102. The molecule has 0 fully saturated rings. The van der Waals surface area contributed by atoms with Gasteiger partial charge in [-0.3, -0.25) is 9.78 Å². The smallest absolute Gasteiger partial charge is 0.274 e. The standard InChI is InChI=1S/C14H12ClN3OS/c1-8-3-2-6-17-12(8)14(19)18-11-5-4-9(13(16)20)7-10(11)15/h2-7H,1H3,(H2,16,20)(H,18,19). The van der Waals surface area contributed by atoms with Crippen LogP contribution in [0.5, 0.6) is 0 Å². The minimum Gasteiger partial charge on any atom is -0.389 e. The summed E-state index contributed by atoms with van der Waals surface area (Å²) in [4.78, 5) is 16.4. The van der Waals surface area contributed by atoms with Crippen LogP contribution in [0.25, 0.3) is 0 Å². The zero-order chi connectivity index (χ0) is 14.7. The molecule has 1 aromatic carbocycles. The molecule has 0 saturated heterocycles. The highest BCUT2D eigenvalue weighted by atomic mass is 35.5. The number of halogens is 1. The van der Waals surface area contributed by atoms with Crippen molar-refractivity contribution < 1.29 is 4.79 Å². The predicted molar refractivity (Wildman–Crippen MR) is 84.3 cm³/mol. The van der Waals surface area contributed by atoms with Crippen molar-refractivity contribution in [1.29, 1.82) is 0 Å². The van der Waals surface area contributed by atoms with Crippen LogP contribution >= 0.6 is 23.8 Å². The Labute approximate surface area is 127 Å². The van der Waals surface area contributed by atoms with Crippen molar-refractivity contribution in [1.82, 2.24) is 4.98 Å². The second-order valence-electron chi connectivity index (χ2n) is 4.18. The molecule has 0 atom stereocenters. The van der Waals surface area contributed by atoms with E-state index < -0.39 is 0 Å². The number of anilines is 1. The lowest BCUT2D eigenvalue weighted by Gasteiger charge is -2.09. The van der Waals surface area contributed by atoms with Crippen LogP contribution in [-0.4, -0.2) is 15.9 Å². The number of carbonyl (C=O) groups is 1. The van der Waals surface area contributed by atoms with Crippen LogP contribution < -0.4 is 11.1 Å². The first kappa shape index (κ1) is 14.4. The van der Waals surface area contributed by atoms with Gasteiger partial charge in [-0.2, -0.15) is 0 Å². The summed E-state index contributed by atoms with van der Waals surface area (Å²) >= 11 is 11.0. The average molecular weight is 306 g/mol. The summed E-state index contributed by atoms with van der Waals surface area (Å²) in [5.41, 5.74) is 7.81. The Morgan fingerprint density at radius 3 is 2.75 bits per heavy atom. The van der Waals surface area contributed by atoms with Crippen LogP contribution in [-0.2, 0) is 0 Å². The molecule has 2 rings (SSSR count). The van der Waals surface area contributed by atoms with Crippen LogP contribution in [0.15, 0.2) is 36.5 Å². The highest BCUT2D eigenvalue weighted by Crippen LogP contribution is 2.23. The van der Waals surface area contributed by atoms with Crippen molar-refractivity contribution in [2.24, 2.45) is 5.73 Å². The zero-order valence-electron chi connectivity index (χ0n) is 10.7. The van der Waals surface area contributed by atoms with Gasteiger partial charge < -0.3 is 11.1 Å². The fourth-order valence-corrected chi connectivity index (χ4v) is 2.03. The Bertz CT molecular complexity index is 688. The summed E-state index contributed by atoms with van der Waals surface area (Å²) in [6.07, 6.45) is 1.57. The number of nitrogens with one attached hydrogen (secondary N) is 1. The van der Waals surface area contributed by atoms with E-state index in [1.165, 1.54) is 0 Å². The van der Waals surface area contributed by atoms with Crippen molar-refractivity contribution in [3.05, 3.63) is 58.4 Å².